The van der Waals surface area contributed by atoms with Crippen molar-refractivity contribution in [2.45, 2.75) is 71.1 Å². The second-order valence-electron chi connectivity index (χ2n) is 8.21. The molecule has 0 aliphatic rings. The number of aliphatic hydroxyl groups is 1. The van der Waals surface area contributed by atoms with Crippen LogP contribution in [0.25, 0.3) is 0 Å². The van der Waals surface area contributed by atoms with Crippen molar-refractivity contribution in [3.05, 3.63) is 18.2 Å². The summed E-state index contributed by atoms with van der Waals surface area (Å²) in [5.74, 6) is -3.79. The Morgan fingerprint density at radius 3 is 2.06 bits per heavy atom. The predicted octanol–water partition coefficient (Wildman–Crippen LogP) is -1.10. The lowest BCUT2D eigenvalue weighted by Gasteiger charge is -2.29. The fourth-order valence-corrected chi connectivity index (χ4v) is 3.07. The maximum atomic E-state index is 13.1. The van der Waals surface area contributed by atoms with Crippen molar-refractivity contribution < 1.29 is 29.4 Å². The Balaban J connectivity index is 3.08. The van der Waals surface area contributed by atoms with E-state index in [1.807, 2.05) is 13.8 Å². The molecule has 0 fully saturated rings. The summed E-state index contributed by atoms with van der Waals surface area (Å²) in [6.07, 6.45) is 4.02. The minimum absolute atomic E-state index is 0.0369. The maximum Gasteiger partial charge on any atom is 0.326 e. The summed E-state index contributed by atoms with van der Waals surface area (Å²) >= 11 is 0. The molecule has 1 rings (SSSR count). The number of carbonyl (C=O) groups excluding carboxylic acids is 3. The van der Waals surface area contributed by atoms with Crippen LogP contribution in [0.2, 0.25) is 0 Å². The van der Waals surface area contributed by atoms with Crippen LogP contribution in [-0.4, -0.2) is 74.6 Å². The Morgan fingerprint density at radius 2 is 1.58 bits per heavy atom. The van der Waals surface area contributed by atoms with E-state index in [1.54, 1.807) is 13.8 Å². The van der Waals surface area contributed by atoms with E-state index < -0.39 is 54.5 Å². The minimum atomic E-state index is -1.22. The van der Waals surface area contributed by atoms with Crippen LogP contribution in [0.1, 0.15) is 46.2 Å². The highest BCUT2D eigenvalue weighted by Gasteiger charge is 2.34. The van der Waals surface area contributed by atoms with Crippen molar-refractivity contribution >= 4 is 23.7 Å². The first kappa shape index (κ1) is 28.0. The first-order valence-electron chi connectivity index (χ1n) is 11.0. The number of nitrogens with one attached hydrogen (secondary N) is 4. The summed E-state index contributed by atoms with van der Waals surface area (Å²) in [6.45, 7) is 6.53. The molecule has 8 N–H and O–H groups in total. The Hall–Kier alpha value is -2.99. The molecular formula is C21H36N6O6. The fourth-order valence-electron chi connectivity index (χ4n) is 3.07. The average Bonchev–Trinajstić information content (AvgIpc) is 3.31. The van der Waals surface area contributed by atoms with Gasteiger partial charge < -0.3 is 36.9 Å². The molecule has 12 nitrogen and oxygen atoms in total. The van der Waals surface area contributed by atoms with Gasteiger partial charge in [0.25, 0.3) is 0 Å². The van der Waals surface area contributed by atoms with Crippen molar-refractivity contribution in [1.29, 1.82) is 0 Å². The Morgan fingerprint density at radius 1 is 1.00 bits per heavy atom. The highest BCUT2D eigenvalue weighted by atomic mass is 16.4. The van der Waals surface area contributed by atoms with E-state index in [2.05, 4.69) is 25.9 Å². The third-order valence-corrected chi connectivity index (χ3v) is 5.72. The molecule has 0 aromatic carbocycles. The number of hydrogen-bond acceptors (Lipinski definition) is 7. The number of amides is 3. The number of aliphatic hydroxyl groups excluding tert-OH is 1. The van der Waals surface area contributed by atoms with E-state index in [9.17, 15) is 24.3 Å². The van der Waals surface area contributed by atoms with Crippen LogP contribution in [-0.2, 0) is 25.6 Å². The summed E-state index contributed by atoms with van der Waals surface area (Å²) in [6, 6.07) is -4.46. The SMILES string of the molecule is CCC(C)C(NC(=O)C(NC(=O)C(Cc1cnc[nH]1)NC(=O)C(N)CO)C(C)CC)C(=O)O. The van der Waals surface area contributed by atoms with E-state index in [0.717, 1.165) is 0 Å². The predicted molar refractivity (Wildman–Crippen MR) is 120 cm³/mol. The number of aromatic amines is 1. The second kappa shape index (κ2) is 13.5. The Labute approximate surface area is 193 Å². The molecule has 33 heavy (non-hydrogen) atoms. The van der Waals surface area contributed by atoms with Crippen molar-refractivity contribution in [3.63, 3.8) is 0 Å². The summed E-state index contributed by atoms with van der Waals surface area (Å²) in [5.41, 5.74) is 6.10. The van der Waals surface area contributed by atoms with Gasteiger partial charge in [0.2, 0.25) is 17.7 Å². The summed E-state index contributed by atoms with van der Waals surface area (Å²) in [5, 5.41) is 26.3. The molecule has 6 atom stereocenters. The Kier molecular flexibility index (Phi) is 11.5. The van der Waals surface area contributed by atoms with Crippen molar-refractivity contribution in [2.24, 2.45) is 17.6 Å². The van der Waals surface area contributed by atoms with Gasteiger partial charge in [-0.15, -0.1) is 0 Å². The fraction of sp³-hybridized carbons (Fsp3) is 0.667. The lowest BCUT2D eigenvalue weighted by atomic mass is 9.95. The van der Waals surface area contributed by atoms with Gasteiger partial charge in [0.1, 0.15) is 24.2 Å². The number of hydrogen-bond donors (Lipinski definition) is 7. The molecule has 3 amide bonds. The van der Waals surface area contributed by atoms with Crippen LogP contribution in [0.5, 0.6) is 0 Å². The number of H-pyrrole nitrogens is 1. The first-order chi connectivity index (χ1) is 15.5. The molecule has 0 saturated carbocycles. The third kappa shape index (κ3) is 8.46. The summed E-state index contributed by atoms with van der Waals surface area (Å²) < 4.78 is 0. The highest BCUT2D eigenvalue weighted by Crippen LogP contribution is 2.13. The first-order valence-corrected chi connectivity index (χ1v) is 11.0. The molecular weight excluding hydrogens is 432 g/mol. The topological polar surface area (TPSA) is 200 Å². The largest absolute Gasteiger partial charge is 0.480 e. The van der Waals surface area contributed by atoms with Gasteiger partial charge in [-0.25, -0.2) is 9.78 Å². The van der Waals surface area contributed by atoms with Gasteiger partial charge in [0, 0.05) is 18.3 Å². The van der Waals surface area contributed by atoms with Crippen LogP contribution in [0, 0.1) is 11.8 Å². The van der Waals surface area contributed by atoms with E-state index in [0.29, 0.717) is 18.5 Å². The quantitative estimate of drug-likeness (QED) is 0.178. The number of nitrogens with two attached hydrogens (primary N) is 1. The molecule has 1 heterocycles. The van der Waals surface area contributed by atoms with E-state index >= 15 is 0 Å². The van der Waals surface area contributed by atoms with Gasteiger partial charge in [-0.3, -0.25) is 14.4 Å². The normalized spacial score (nSPS) is 16.5. The molecule has 0 saturated heterocycles. The molecule has 6 unspecified atom stereocenters. The zero-order valence-corrected chi connectivity index (χ0v) is 19.5. The number of carboxylic acids is 1. The van der Waals surface area contributed by atoms with Gasteiger partial charge >= 0.3 is 5.97 Å². The molecule has 0 aliphatic carbocycles. The number of aromatic nitrogens is 2. The van der Waals surface area contributed by atoms with Crippen LogP contribution in [0.4, 0.5) is 0 Å². The molecule has 186 valence electrons. The molecule has 0 aliphatic heterocycles. The molecule has 12 heteroatoms. The van der Waals surface area contributed by atoms with E-state index in [4.69, 9.17) is 10.8 Å². The highest BCUT2D eigenvalue weighted by molar-refractivity contribution is 5.94. The van der Waals surface area contributed by atoms with Crippen molar-refractivity contribution in [2.75, 3.05) is 6.61 Å². The van der Waals surface area contributed by atoms with Gasteiger partial charge in [0.15, 0.2) is 0 Å². The summed E-state index contributed by atoms with van der Waals surface area (Å²) in [4.78, 5) is 56.6. The smallest absolute Gasteiger partial charge is 0.326 e. The Bertz CT molecular complexity index is 786. The van der Waals surface area contributed by atoms with Crippen molar-refractivity contribution in [3.8, 4) is 0 Å². The van der Waals surface area contributed by atoms with Crippen LogP contribution in [0.3, 0.4) is 0 Å². The molecule has 0 spiro atoms. The summed E-state index contributed by atoms with van der Waals surface area (Å²) in [7, 11) is 0. The number of carbonyl (C=O) groups is 4. The maximum absolute atomic E-state index is 13.1. The zero-order valence-electron chi connectivity index (χ0n) is 19.5. The number of rotatable bonds is 14. The van der Waals surface area contributed by atoms with Gasteiger partial charge in [-0.1, -0.05) is 40.5 Å². The van der Waals surface area contributed by atoms with Crippen LogP contribution in [0.15, 0.2) is 12.5 Å². The lowest BCUT2D eigenvalue weighted by molar-refractivity contribution is -0.144. The molecule has 1 aromatic heterocycles. The van der Waals surface area contributed by atoms with Gasteiger partial charge in [-0.2, -0.15) is 0 Å². The van der Waals surface area contributed by atoms with Crippen molar-refractivity contribution in [1.82, 2.24) is 25.9 Å². The van der Waals surface area contributed by atoms with Gasteiger partial charge in [-0.05, 0) is 11.8 Å². The molecule has 0 radical (unpaired) electrons. The number of aliphatic carboxylic acids is 1. The third-order valence-electron chi connectivity index (χ3n) is 5.72. The molecule has 0 bridgehead atoms. The molecule has 1 aromatic rings. The van der Waals surface area contributed by atoms with Gasteiger partial charge in [0.05, 0.1) is 12.9 Å². The second-order valence-corrected chi connectivity index (χ2v) is 8.21. The minimum Gasteiger partial charge on any atom is -0.480 e. The van der Waals surface area contributed by atoms with Crippen LogP contribution >= 0.6 is 0 Å². The number of nitrogens with zero attached hydrogens (tertiary/aromatic N) is 1. The van der Waals surface area contributed by atoms with E-state index in [-0.39, 0.29) is 18.3 Å². The average molecular weight is 469 g/mol. The number of carboxylic acid groups (broad SMARTS) is 1. The standard InChI is InChI=1S/C21H36N6O6/c1-5-11(3)16(20(31)27-17(21(32)33)12(4)6-2)26-19(30)15(7-13-8-23-10-24-13)25-18(29)14(22)9-28/h8,10-12,14-17,28H,5-7,9,22H2,1-4H3,(H,23,24)(H,25,29)(H,26,30)(H,27,31)(H,32,33). The van der Waals surface area contributed by atoms with Crippen LogP contribution < -0.4 is 21.7 Å². The zero-order chi connectivity index (χ0) is 25.1. The number of imidazole rings is 1. The van der Waals surface area contributed by atoms with E-state index in [1.165, 1.54) is 12.5 Å². The lowest BCUT2D eigenvalue weighted by Crippen LogP contribution is -2.59. The monoisotopic (exact) mass is 468 g/mol.